The molecule has 0 aliphatic heterocycles. The Hall–Kier alpha value is -2.43. The van der Waals surface area contributed by atoms with Gasteiger partial charge in [-0.2, -0.15) is 29.8 Å². The first-order chi connectivity index (χ1) is 16.3. The van der Waals surface area contributed by atoms with Gasteiger partial charge in [0.2, 0.25) is 0 Å². The standard InChI is InChI=1S/C13H9.C12H11Si.C6H6N.2ClH.Hf/c1-3-7-12-10(5-1)9-11-6-2-4-8-13(11)12;1-3-7-11(8-4-1)13-12-9-5-2-6-10-12;7-6-4-2-1-3-5-6;;;/h1-5,7-8H,9H2;1-10,13H;1-5,7H;2*1H;/q-1;;-1;;;+4/p-2. The monoisotopic (exact) mass is 690 g/mol. The molecule has 0 fully saturated rings. The molecule has 0 saturated carbocycles. The number of benzene rings is 5. The maximum atomic E-state index is 7.00. The molecule has 0 heterocycles. The zero-order valence-corrected chi connectivity index (χ0v) is 26.0. The summed E-state index contributed by atoms with van der Waals surface area (Å²) < 4.78 is 0. The second-order valence-corrected chi connectivity index (χ2v) is 9.35. The Morgan fingerprint density at radius 2 is 1.03 bits per heavy atom. The second-order valence-electron chi connectivity index (χ2n) is 7.73. The normalized spacial score (nSPS) is 9.67. The molecule has 1 aliphatic rings. The van der Waals surface area contributed by atoms with Gasteiger partial charge in [0.25, 0.3) is 0 Å². The summed E-state index contributed by atoms with van der Waals surface area (Å²) in [4.78, 5) is 0. The molecule has 5 heteroatoms. The molecular weight excluding hydrogens is 664 g/mol. The first-order valence-corrected chi connectivity index (χ1v) is 12.2. The Kier molecular flexibility index (Phi) is 15.0. The number of halogens is 2. The van der Waals surface area contributed by atoms with Crippen LogP contribution < -0.4 is 35.2 Å². The van der Waals surface area contributed by atoms with Crippen LogP contribution in [0, 0.1) is 6.07 Å². The Labute approximate surface area is 248 Å². The van der Waals surface area contributed by atoms with Crippen LogP contribution in [0.1, 0.15) is 11.1 Å². The van der Waals surface area contributed by atoms with Crippen molar-refractivity contribution in [3.63, 3.8) is 0 Å². The van der Waals surface area contributed by atoms with Gasteiger partial charge in [0.1, 0.15) is 9.52 Å². The van der Waals surface area contributed by atoms with E-state index in [1.165, 1.54) is 32.6 Å². The van der Waals surface area contributed by atoms with Gasteiger partial charge in [-0.3, -0.25) is 0 Å². The third-order valence-electron chi connectivity index (χ3n) is 5.32. The van der Waals surface area contributed by atoms with Crippen LogP contribution in [0.4, 0.5) is 5.69 Å². The van der Waals surface area contributed by atoms with Crippen LogP contribution in [0.15, 0.2) is 133 Å². The van der Waals surface area contributed by atoms with Gasteiger partial charge < -0.3 is 30.5 Å². The quantitative estimate of drug-likeness (QED) is 0.187. The van der Waals surface area contributed by atoms with Crippen molar-refractivity contribution >= 4 is 25.6 Å². The first kappa shape index (κ1) is 31.6. The van der Waals surface area contributed by atoms with Crippen LogP contribution in [0.25, 0.3) is 16.9 Å². The maximum Gasteiger partial charge on any atom is 4.00 e. The molecule has 1 nitrogen and oxygen atoms in total. The number of hydrogen-bond acceptors (Lipinski definition) is 0. The minimum absolute atomic E-state index is 0. The molecule has 6 rings (SSSR count). The summed E-state index contributed by atoms with van der Waals surface area (Å²) in [5.41, 5.74) is 13.1. The fourth-order valence-electron chi connectivity index (χ4n) is 3.73. The van der Waals surface area contributed by atoms with E-state index < -0.39 is 0 Å². The molecule has 0 unspecified atom stereocenters. The fraction of sp³-hybridized carbons (Fsp3) is 0.0323. The Morgan fingerprint density at radius 1 is 0.556 bits per heavy atom. The van der Waals surface area contributed by atoms with Crippen molar-refractivity contribution in [3.8, 4) is 11.1 Å². The summed E-state index contributed by atoms with van der Waals surface area (Å²) in [7, 11) is 0.271. The van der Waals surface area contributed by atoms with Gasteiger partial charge >= 0.3 is 25.8 Å². The molecular formula is C31H26Cl2HfNSi. The van der Waals surface area contributed by atoms with Gasteiger partial charge in [-0.15, -0.1) is 11.3 Å². The van der Waals surface area contributed by atoms with Crippen molar-refractivity contribution in [2.24, 2.45) is 0 Å². The molecule has 0 bridgehead atoms. The van der Waals surface area contributed by atoms with Crippen molar-refractivity contribution in [2.45, 2.75) is 6.42 Å². The fourth-order valence-corrected chi connectivity index (χ4v) is 4.94. The SMILES string of the molecule is [Cl-].[Cl-].[Hf+4].[NH-]c1ccccc1.[c-]1cccc2c1Cc1ccccc1-2.c1ccc([SiH]c2ccccc2)cc1. The zero-order chi connectivity index (χ0) is 22.7. The molecule has 36 heavy (non-hydrogen) atoms. The molecule has 0 saturated heterocycles. The van der Waals surface area contributed by atoms with E-state index in [9.17, 15) is 0 Å². The number of fused-ring (bicyclic) bond motifs is 3. The Bertz CT molecular complexity index is 1190. The Balaban J connectivity index is 0.000000270. The van der Waals surface area contributed by atoms with E-state index in [0.717, 1.165) is 6.42 Å². The number of hydrogen-bond donors (Lipinski definition) is 0. The number of rotatable bonds is 2. The van der Waals surface area contributed by atoms with Crippen molar-refractivity contribution < 1.29 is 50.7 Å². The zero-order valence-electron chi connectivity index (χ0n) is 19.7. The molecule has 1 N–H and O–H groups in total. The molecule has 0 amide bonds. The summed E-state index contributed by atoms with van der Waals surface area (Å²) in [5, 5.41) is 2.90. The van der Waals surface area contributed by atoms with Crippen molar-refractivity contribution in [1.82, 2.24) is 0 Å². The smallest absolute Gasteiger partial charge is 1.00 e. The maximum absolute atomic E-state index is 7.00. The summed E-state index contributed by atoms with van der Waals surface area (Å²) in [5.74, 6) is 0. The van der Waals surface area contributed by atoms with Crippen LogP contribution in [-0.4, -0.2) is 9.52 Å². The van der Waals surface area contributed by atoms with Gasteiger partial charge in [-0.05, 0) is 6.42 Å². The first-order valence-electron chi connectivity index (χ1n) is 11.1. The largest absolute Gasteiger partial charge is 4.00 e. The van der Waals surface area contributed by atoms with E-state index in [-0.39, 0.29) is 60.2 Å². The molecule has 0 atom stereocenters. The van der Waals surface area contributed by atoms with Crippen molar-refractivity contribution in [2.75, 3.05) is 0 Å². The molecule has 5 aromatic carbocycles. The molecule has 177 valence electrons. The second kappa shape index (κ2) is 17.1. The van der Waals surface area contributed by atoms with E-state index in [1.54, 1.807) is 12.1 Å². The van der Waals surface area contributed by atoms with Crippen LogP contribution in [0.5, 0.6) is 0 Å². The van der Waals surface area contributed by atoms with Crippen LogP contribution >= 0.6 is 0 Å². The predicted octanol–water partition coefficient (Wildman–Crippen LogP) is 0.508. The molecule has 1 radical (unpaired) electrons. The van der Waals surface area contributed by atoms with Crippen LogP contribution in [0.3, 0.4) is 0 Å². The topological polar surface area (TPSA) is 23.8 Å². The van der Waals surface area contributed by atoms with E-state index in [1.807, 2.05) is 24.3 Å². The summed E-state index contributed by atoms with van der Waals surface area (Å²) >= 11 is 0. The van der Waals surface area contributed by atoms with Gasteiger partial charge in [0, 0.05) is 0 Å². The predicted molar refractivity (Wildman–Crippen MR) is 143 cm³/mol. The summed E-state index contributed by atoms with van der Waals surface area (Å²) in [6, 6.07) is 48.5. The summed E-state index contributed by atoms with van der Waals surface area (Å²) in [6.07, 6.45) is 1.05. The van der Waals surface area contributed by atoms with Gasteiger partial charge in [0.15, 0.2) is 0 Å². The average molecular weight is 690 g/mol. The Morgan fingerprint density at radius 3 is 1.56 bits per heavy atom. The van der Waals surface area contributed by atoms with Gasteiger partial charge in [-0.1, -0.05) is 137 Å². The number of nitrogens with one attached hydrogen (secondary N) is 1. The molecule has 5 aromatic rings. The molecule has 0 aromatic heterocycles. The minimum atomic E-state index is 0. The van der Waals surface area contributed by atoms with Crippen molar-refractivity contribution in [1.29, 1.82) is 0 Å². The van der Waals surface area contributed by atoms with E-state index in [2.05, 4.69) is 103 Å². The van der Waals surface area contributed by atoms with E-state index in [4.69, 9.17) is 5.73 Å². The van der Waals surface area contributed by atoms with Crippen LogP contribution in [-0.2, 0) is 32.3 Å². The van der Waals surface area contributed by atoms with E-state index in [0.29, 0.717) is 5.69 Å². The third-order valence-corrected chi connectivity index (χ3v) is 6.76. The molecule has 1 aliphatic carbocycles. The minimum Gasteiger partial charge on any atom is -1.00 e. The summed E-state index contributed by atoms with van der Waals surface area (Å²) in [6.45, 7) is 0. The van der Waals surface area contributed by atoms with Crippen molar-refractivity contribution in [3.05, 3.63) is 156 Å². The van der Waals surface area contributed by atoms with Crippen LogP contribution in [0.2, 0.25) is 0 Å². The van der Waals surface area contributed by atoms with Gasteiger partial charge in [-0.25, -0.2) is 0 Å². The molecule has 0 spiro atoms. The van der Waals surface area contributed by atoms with E-state index >= 15 is 0 Å². The van der Waals surface area contributed by atoms with Gasteiger partial charge in [0.05, 0.1) is 0 Å². The third kappa shape index (κ3) is 9.55. The average Bonchev–Trinajstić information content (AvgIpc) is 3.25.